The molecule has 2 aromatic carbocycles. The van der Waals surface area contributed by atoms with E-state index in [0.717, 1.165) is 24.0 Å². The third-order valence-electron chi connectivity index (χ3n) is 6.86. The molecule has 1 aromatic heterocycles. The van der Waals surface area contributed by atoms with Crippen molar-refractivity contribution in [2.45, 2.75) is 45.7 Å². The van der Waals surface area contributed by atoms with E-state index in [9.17, 15) is 9.59 Å². The maximum absolute atomic E-state index is 13.7. The van der Waals surface area contributed by atoms with Crippen LogP contribution in [0.3, 0.4) is 0 Å². The lowest BCUT2D eigenvalue weighted by molar-refractivity contribution is -0.135. The van der Waals surface area contributed by atoms with E-state index in [2.05, 4.69) is 16.8 Å². The molecule has 8 heteroatoms. The Morgan fingerprint density at radius 3 is 2.65 bits per heavy atom. The van der Waals surface area contributed by atoms with Crippen molar-refractivity contribution in [1.82, 2.24) is 9.80 Å². The molecule has 0 fully saturated rings. The summed E-state index contributed by atoms with van der Waals surface area (Å²) < 4.78 is 11.5. The maximum atomic E-state index is 13.7. The van der Waals surface area contributed by atoms with Gasteiger partial charge in [0.05, 0.1) is 13.2 Å². The van der Waals surface area contributed by atoms with Crippen LogP contribution in [0, 0.1) is 6.92 Å². The van der Waals surface area contributed by atoms with E-state index in [1.54, 1.807) is 23.3 Å². The van der Waals surface area contributed by atoms with Gasteiger partial charge in [-0.1, -0.05) is 30.7 Å². The molecule has 1 N–H and O–H groups in total. The number of methoxy groups -OCH3 is 1. The second kappa shape index (κ2) is 12.1. The number of carbonyl (C=O) groups excluding carboxylic acids is 2. The highest BCUT2D eigenvalue weighted by molar-refractivity contribution is 7.10. The van der Waals surface area contributed by atoms with Gasteiger partial charge >= 0.3 is 6.03 Å². The van der Waals surface area contributed by atoms with Gasteiger partial charge in [0.15, 0.2) is 0 Å². The smallest absolute Gasteiger partial charge is 0.322 e. The van der Waals surface area contributed by atoms with Gasteiger partial charge < -0.3 is 24.6 Å². The predicted molar refractivity (Wildman–Crippen MR) is 148 cm³/mol. The number of hydrogen-bond acceptors (Lipinski definition) is 5. The normalized spacial score (nSPS) is 15.5. The molecule has 0 radical (unpaired) electrons. The van der Waals surface area contributed by atoms with Crippen LogP contribution in [0.25, 0.3) is 0 Å². The van der Waals surface area contributed by atoms with Crippen LogP contribution < -0.4 is 14.8 Å². The first-order valence-corrected chi connectivity index (χ1v) is 13.5. The molecule has 1 aliphatic rings. The zero-order chi connectivity index (χ0) is 26.4. The van der Waals surface area contributed by atoms with Gasteiger partial charge in [0, 0.05) is 29.2 Å². The lowest BCUT2D eigenvalue weighted by Crippen LogP contribution is -2.50. The molecule has 2 heterocycles. The number of rotatable bonds is 9. The third kappa shape index (κ3) is 6.43. The Morgan fingerprint density at radius 1 is 1.16 bits per heavy atom. The summed E-state index contributed by atoms with van der Waals surface area (Å²) in [5.41, 5.74) is 2.94. The molecule has 3 amide bonds. The second-order valence-electron chi connectivity index (χ2n) is 9.32. The number of urea groups is 1. The summed E-state index contributed by atoms with van der Waals surface area (Å²) >= 11 is 1.71. The van der Waals surface area contributed by atoms with Crippen LogP contribution in [0.4, 0.5) is 10.5 Å². The van der Waals surface area contributed by atoms with E-state index in [4.69, 9.17) is 9.47 Å². The summed E-state index contributed by atoms with van der Waals surface area (Å²) in [6, 6.07) is 16.6. The number of amides is 3. The van der Waals surface area contributed by atoms with Gasteiger partial charge in [-0.05, 0) is 68.0 Å². The minimum Gasteiger partial charge on any atom is -0.497 e. The van der Waals surface area contributed by atoms with Crippen molar-refractivity contribution in [3.05, 3.63) is 76.0 Å². The number of thiophene rings is 1. The molecule has 2 atom stereocenters. The first kappa shape index (κ1) is 26.5. The van der Waals surface area contributed by atoms with Crippen LogP contribution in [0.5, 0.6) is 11.5 Å². The molecule has 0 saturated carbocycles. The molecular weight excluding hydrogens is 486 g/mol. The highest BCUT2D eigenvalue weighted by Crippen LogP contribution is 2.34. The van der Waals surface area contributed by atoms with Crippen LogP contribution in [-0.2, 0) is 11.2 Å². The van der Waals surface area contributed by atoms with E-state index in [1.165, 1.54) is 4.88 Å². The summed E-state index contributed by atoms with van der Waals surface area (Å²) in [6.07, 6.45) is 1.54. The Bertz CT molecular complexity index is 1210. The van der Waals surface area contributed by atoms with Crippen molar-refractivity contribution in [1.29, 1.82) is 0 Å². The third-order valence-corrected chi connectivity index (χ3v) is 7.85. The number of anilines is 1. The number of nitrogens with zero attached hydrogens (tertiary/aromatic N) is 2. The molecule has 0 saturated heterocycles. The van der Waals surface area contributed by atoms with Crippen molar-refractivity contribution in [3.8, 4) is 11.5 Å². The zero-order valence-corrected chi connectivity index (χ0v) is 22.7. The van der Waals surface area contributed by atoms with Crippen LogP contribution in [0.15, 0.2) is 60.0 Å². The molecule has 7 nitrogen and oxygen atoms in total. The van der Waals surface area contributed by atoms with Gasteiger partial charge in [0.2, 0.25) is 5.91 Å². The number of benzene rings is 2. The van der Waals surface area contributed by atoms with Crippen LogP contribution in [-0.4, -0.2) is 54.6 Å². The molecule has 0 unspecified atom stereocenters. The van der Waals surface area contributed by atoms with Crippen molar-refractivity contribution in [3.63, 3.8) is 0 Å². The Morgan fingerprint density at radius 2 is 1.92 bits per heavy atom. The molecular formula is C29H35N3O4S. The monoisotopic (exact) mass is 521 g/mol. The first-order chi connectivity index (χ1) is 17.9. The van der Waals surface area contributed by atoms with E-state index in [1.807, 2.05) is 74.2 Å². The summed E-state index contributed by atoms with van der Waals surface area (Å²) in [6.45, 7) is 6.90. The summed E-state index contributed by atoms with van der Waals surface area (Å²) in [5.74, 6) is 1.32. The van der Waals surface area contributed by atoms with Crippen LogP contribution >= 0.6 is 11.3 Å². The van der Waals surface area contributed by atoms with Crippen molar-refractivity contribution in [2.75, 3.05) is 32.1 Å². The van der Waals surface area contributed by atoms with Gasteiger partial charge in [0.1, 0.15) is 24.7 Å². The van der Waals surface area contributed by atoms with Gasteiger partial charge in [-0.25, -0.2) is 4.79 Å². The van der Waals surface area contributed by atoms with E-state index >= 15 is 0 Å². The molecule has 4 rings (SSSR count). The topological polar surface area (TPSA) is 71.1 Å². The summed E-state index contributed by atoms with van der Waals surface area (Å²) in [4.78, 5) is 31.7. The van der Waals surface area contributed by atoms with E-state index in [-0.39, 0.29) is 30.6 Å². The van der Waals surface area contributed by atoms with Gasteiger partial charge in [-0.3, -0.25) is 4.79 Å². The average Bonchev–Trinajstić information content (AvgIpc) is 3.40. The average molecular weight is 522 g/mol. The van der Waals surface area contributed by atoms with Crippen LogP contribution in [0.1, 0.15) is 42.3 Å². The molecule has 1 aliphatic heterocycles. The minimum atomic E-state index is -0.274. The van der Waals surface area contributed by atoms with Gasteiger partial charge in [0.25, 0.3) is 0 Å². The number of ether oxygens (including phenoxy) is 2. The fourth-order valence-corrected chi connectivity index (χ4v) is 5.39. The number of fused-ring (bicyclic) bond motifs is 1. The summed E-state index contributed by atoms with van der Waals surface area (Å²) in [5, 5.41) is 5.02. The Kier molecular flexibility index (Phi) is 8.71. The number of carbonyl (C=O) groups is 2. The largest absolute Gasteiger partial charge is 0.497 e. The number of aryl methyl sites for hydroxylation is 1. The van der Waals surface area contributed by atoms with Crippen LogP contribution in [0.2, 0.25) is 0 Å². The lowest BCUT2D eigenvalue weighted by atomic mass is 10.00. The zero-order valence-electron chi connectivity index (χ0n) is 21.9. The Labute approximate surface area is 223 Å². The quantitative estimate of drug-likeness (QED) is 0.380. The minimum absolute atomic E-state index is 0.00182. The van der Waals surface area contributed by atoms with E-state index in [0.29, 0.717) is 30.3 Å². The summed E-state index contributed by atoms with van der Waals surface area (Å²) in [7, 11) is 1.62. The molecule has 0 aliphatic carbocycles. The van der Waals surface area contributed by atoms with Crippen molar-refractivity contribution < 1.29 is 19.1 Å². The predicted octanol–water partition coefficient (Wildman–Crippen LogP) is 5.90. The van der Waals surface area contributed by atoms with Gasteiger partial charge in [-0.15, -0.1) is 11.3 Å². The standard InChI is InChI=1S/C29H35N3O4S/c1-5-21(3)32(29(34)30-22-11-9-20(2)10-12-22)18-28(33)31-15-13-27-25(14-16-37-27)26(31)19-36-24-8-6-7-23(17-24)35-4/h6-12,14,16-17,21,26H,5,13,15,18-19H2,1-4H3,(H,30,34)/t21-,26+/m0/s1. The lowest BCUT2D eigenvalue weighted by Gasteiger charge is -2.38. The van der Waals surface area contributed by atoms with Crippen molar-refractivity contribution >= 4 is 29.0 Å². The Balaban J connectivity index is 1.50. The molecule has 0 bridgehead atoms. The van der Waals surface area contributed by atoms with E-state index < -0.39 is 0 Å². The first-order valence-electron chi connectivity index (χ1n) is 12.7. The molecule has 3 aromatic rings. The highest BCUT2D eigenvalue weighted by atomic mass is 32.1. The molecule has 37 heavy (non-hydrogen) atoms. The SMILES string of the molecule is CC[C@H](C)N(CC(=O)N1CCc2sccc2[C@H]1COc1cccc(OC)c1)C(=O)Nc1ccc(C)cc1. The van der Waals surface area contributed by atoms with Gasteiger partial charge in [-0.2, -0.15) is 0 Å². The maximum Gasteiger partial charge on any atom is 0.322 e. The second-order valence-corrected chi connectivity index (χ2v) is 10.3. The fraction of sp³-hybridized carbons (Fsp3) is 0.379. The Hall–Kier alpha value is -3.52. The van der Waals surface area contributed by atoms with Crippen molar-refractivity contribution in [2.24, 2.45) is 0 Å². The molecule has 0 spiro atoms. The fourth-order valence-electron chi connectivity index (χ4n) is 4.46. The number of hydrogen-bond donors (Lipinski definition) is 1. The highest BCUT2D eigenvalue weighted by Gasteiger charge is 2.34. The molecule has 196 valence electrons. The number of nitrogens with one attached hydrogen (secondary N) is 1.